The molecule has 2 aromatic carbocycles. The van der Waals surface area contributed by atoms with Crippen molar-refractivity contribution in [2.45, 2.75) is 44.5 Å². The molecule has 4 rings (SSSR count). The predicted molar refractivity (Wildman–Crippen MR) is 113 cm³/mol. The number of ether oxygens (including phenoxy) is 4. The van der Waals surface area contributed by atoms with Crippen molar-refractivity contribution in [1.29, 1.82) is 0 Å². The van der Waals surface area contributed by atoms with Gasteiger partial charge in [0, 0.05) is 18.4 Å². The molecule has 1 fully saturated rings. The highest BCUT2D eigenvalue weighted by Crippen LogP contribution is 2.47. The van der Waals surface area contributed by atoms with Crippen molar-refractivity contribution in [3.63, 3.8) is 0 Å². The quantitative estimate of drug-likeness (QED) is 0.722. The fourth-order valence-corrected chi connectivity index (χ4v) is 4.29. The van der Waals surface area contributed by atoms with Crippen LogP contribution < -0.4 is 14.2 Å². The summed E-state index contributed by atoms with van der Waals surface area (Å²) in [4.78, 5) is 0. The van der Waals surface area contributed by atoms with Gasteiger partial charge in [0.15, 0.2) is 11.5 Å². The van der Waals surface area contributed by atoms with E-state index in [2.05, 4.69) is 0 Å². The van der Waals surface area contributed by atoms with E-state index in [1.807, 2.05) is 37.3 Å². The first-order valence-electron chi connectivity index (χ1n) is 10.4. The number of benzene rings is 2. The average molecular weight is 435 g/mol. The number of hydrogen-bond acceptors (Lipinski definition) is 6. The summed E-state index contributed by atoms with van der Waals surface area (Å²) in [6.07, 6.45) is 0.0801. The summed E-state index contributed by atoms with van der Waals surface area (Å²) in [5.41, 5.74) is 2.78. The Balaban J connectivity index is 1.68. The first kappa shape index (κ1) is 21.2. The first-order chi connectivity index (χ1) is 14.6. The largest absolute Gasteiger partial charge is 0.494 e. The molecule has 0 amide bonds. The molecule has 30 heavy (non-hydrogen) atoms. The van der Waals surface area contributed by atoms with E-state index in [1.165, 1.54) is 0 Å². The Bertz CT molecular complexity index is 869. The lowest BCUT2D eigenvalue weighted by Gasteiger charge is -2.34. The highest BCUT2D eigenvalue weighted by atomic mass is 35.5. The molecule has 2 aromatic rings. The minimum atomic E-state index is -0.550. The smallest absolute Gasteiger partial charge is 0.180 e. The van der Waals surface area contributed by atoms with Gasteiger partial charge < -0.3 is 29.2 Å². The van der Waals surface area contributed by atoms with Gasteiger partial charge in [-0.05, 0) is 42.7 Å². The van der Waals surface area contributed by atoms with Crippen LogP contribution in [0.15, 0.2) is 30.3 Å². The van der Waals surface area contributed by atoms with Crippen LogP contribution in [0.4, 0.5) is 0 Å². The van der Waals surface area contributed by atoms with Crippen LogP contribution in [0.3, 0.4) is 0 Å². The van der Waals surface area contributed by atoms with Crippen LogP contribution in [0.2, 0.25) is 5.02 Å². The minimum absolute atomic E-state index is 0.139. The molecule has 0 spiro atoms. The monoisotopic (exact) mass is 434 g/mol. The zero-order valence-corrected chi connectivity index (χ0v) is 17.7. The van der Waals surface area contributed by atoms with E-state index < -0.39 is 18.3 Å². The molecule has 162 valence electrons. The van der Waals surface area contributed by atoms with E-state index in [9.17, 15) is 10.2 Å². The van der Waals surface area contributed by atoms with Gasteiger partial charge in [0.2, 0.25) is 0 Å². The van der Waals surface area contributed by atoms with Crippen LogP contribution in [-0.4, -0.2) is 48.8 Å². The number of aliphatic hydroxyl groups is 2. The summed E-state index contributed by atoms with van der Waals surface area (Å²) >= 11 is 6.69. The van der Waals surface area contributed by atoms with Crippen LogP contribution >= 0.6 is 11.6 Å². The first-order valence-corrected chi connectivity index (χ1v) is 10.7. The van der Waals surface area contributed by atoms with E-state index in [-0.39, 0.29) is 6.61 Å². The lowest BCUT2D eigenvalue weighted by Crippen LogP contribution is -2.34. The summed E-state index contributed by atoms with van der Waals surface area (Å²) in [5, 5.41) is 20.3. The SMILES string of the molecule is CCOc1ccc(Cc2cc(C3CC(O)CC(CO)O3)c3c(c2Cl)OCCO3)cc1. The molecular weight excluding hydrogens is 408 g/mol. The molecule has 2 aliphatic rings. The summed E-state index contributed by atoms with van der Waals surface area (Å²) in [6, 6.07) is 9.89. The van der Waals surface area contributed by atoms with E-state index in [0.717, 1.165) is 22.4 Å². The Hall–Kier alpha value is -1.99. The van der Waals surface area contributed by atoms with Gasteiger partial charge in [-0.1, -0.05) is 23.7 Å². The molecule has 0 aromatic heterocycles. The van der Waals surface area contributed by atoms with E-state index in [1.54, 1.807) is 0 Å². The minimum Gasteiger partial charge on any atom is -0.494 e. The molecule has 2 aliphatic heterocycles. The van der Waals surface area contributed by atoms with Crippen molar-refractivity contribution >= 4 is 11.6 Å². The number of hydrogen-bond donors (Lipinski definition) is 2. The molecular formula is C23H27ClO6. The van der Waals surface area contributed by atoms with Crippen molar-refractivity contribution in [3.8, 4) is 17.2 Å². The van der Waals surface area contributed by atoms with Gasteiger partial charge in [-0.3, -0.25) is 0 Å². The van der Waals surface area contributed by atoms with Crippen molar-refractivity contribution in [1.82, 2.24) is 0 Å². The molecule has 1 saturated heterocycles. The average Bonchev–Trinajstić information content (AvgIpc) is 2.76. The topological polar surface area (TPSA) is 77.4 Å². The highest BCUT2D eigenvalue weighted by molar-refractivity contribution is 6.33. The number of fused-ring (bicyclic) bond motifs is 1. The Morgan fingerprint density at radius 1 is 1.10 bits per heavy atom. The second-order valence-electron chi connectivity index (χ2n) is 7.60. The lowest BCUT2D eigenvalue weighted by atomic mass is 9.92. The molecule has 0 radical (unpaired) electrons. The Morgan fingerprint density at radius 3 is 2.53 bits per heavy atom. The van der Waals surface area contributed by atoms with E-state index >= 15 is 0 Å². The van der Waals surface area contributed by atoms with Gasteiger partial charge in [-0.2, -0.15) is 0 Å². The lowest BCUT2D eigenvalue weighted by molar-refractivity contribution is -0.114. The van der Waals surface area contributed by atoms with Crippen LogP contribution in [-0.2, 0) is 11.2 Å². The Kier molecular flexibility index (Phi) is 6.68. The summed E-state index contributed by atoms with van der Waals surface area (Å²) < 4.78 is 23.3. The van der Waals surface area contributed by atoms with Crippen molar-refractivity contribution in [2.75, 3.05) is 26.4 Å². The molecule has 0 aliphatic carbocycles. The molecule has 0 bridgehead atoms. The summed E-state index contributed by atoms with van der Waals surface area (Å²) in [6.45, 7) is 3.29. The second-order valence-corrected chi connectivity index (χ2v) is 7.98. The molecule has 7 heteroatoms. The standard InChI is InChI=1S/C23H27ClO6/c1-2-27-17-5-3-14(4-6-17)9-15-10-19(20-12-16(26)11-18(13-25)30-20)22-23(21(15)24)29-8-7-28-22/h3-6,10,16,18,20,25-26H,2,7-9,11-13H2,1H3. The molecule has 6 nitrogen and oxygen atoms in total. The Labute approximate surface area is 181 Å². The van der Waals surface area contributed by atoms with Gasteiger partial charge in [-0.15, -0.1) is 0 Å². The van der Waals surface area contributed by atoms with Crippen molar-refractivity contribution < 1.29 is 29.2 Å². The van der Waals surface area contributed by atoms with Crippen molar-refractivity contribution in [2.24, 2.45) is 0 Å². The third-order valence-corrected chi connectivity index (χ3v) is 5.83. The fraction of sp³-hybridized carbons (Fsp3) is 0.478. The highest BCUT2D eigenvalue weighted by Gasteiger charge is 2.34. The maximum atomic E-state index is 10.3. The molecule has 0 saturated carbocycles. The van der Waals surface area contributed by atoms with Gasteiger partial charge in [0.25, 0.3) is 0 Å². The van der Waals surface area contributed by atoms with Gasteiger partial charge in [0.1, 0.15) is 19.0 Å². The molecule has 2 heterocycles. The third kappa shape index (κ3) is 4.52. The third-order valence-electron chi connectivity index (χ3n) is 5.41. The van der Waals surface area contributed by atoms with E-state index in [0.29, 0.717) is 55.6 Å². The zero-order chi connectivity index (χ0) is 21.1. The fourth-order valence-electron chi connectivity index (χ4n) is 4.02. The number of rotatable bonds is 6. The second kappa shape index (κ2) is 9.43. The summed E-state index contributed by atoms with van der Waals surface area (Å²) in [5.74, 6) is 1.91. The van der Waals surface area contributed by atoms with E-state index in [4.69, 9.17) is 30.5 Å². The number of aliphatic hydroxyl groups excluding tert-OH is 2. The van der Waals surface area contributed by atoms with Gasteiger partial charge in [0.05, 0.1) is 36.5 Å². The van der Waals surface area contributed by atoms with Gasteiger partial charge in [-0.25, -0.2) is 0 Å². The predicted octanol–water partition coefficient (Wildman–Crippen LogP) is 3.67. The van der Waals surface area contributed by atoms with Crippen LogP contribution in [0.5, 0.6) is 17.2 Å². The Morgan fingerprint density at radius 2 is 1.83 bits per heavy atom. The maximum Gasteiger partial charge on any atom is 0.180 e. The summed E-state index contributed by atoms with van der Waals surface area (Å²) in [7, 11) is 0. The molecule has 2 N–H and O–H groups in total. The molecule has 3 unspecified atom stereocenters. The van der Waals surface area contributed by atoms with Crippen LogP contribution in [0, 0.1) is 0 Å². The zero-order valence-electron chi connectivity index (χ0n) is 17.0. The van der Waals surface area contributed by atoms with Crippen molar-refractivity contribution in [3.05, 3.63) is 52.0 Å². The van der Waals surface area contributed by atoms with Crippen LogP contribution in [0.1, 0.15) is 42.6 Å². The molecule has 3 atom stereocenters. The maximum absolute atomic E-state index is 10.3. The van der Waals surface area contributed by atoms with Crippen LogP contribution in [0.25, 0.3) is 0 Å². The normalized spacial score (nSPS) is 23.3. The number of halogens is 1. The van der Waals surface area contributed by atoms with Gasteiger partial charge >= 0.3 is 0 Å².